The van der Waals surface area contributed by atoms with Gasteiger partial charge >= 0.3 is 6.18 Å². The SMILES string of the molecule is CC(=O)N1CCN(c2ccc(CCOc3nc(N)nc(-c4ccccc4)c3-c3cc(C)nc(C(F)(F)F)c3)cc2)CC1. The Hall–Kier alpha value is -4.67. The van der Waals surface area contributed by atoms with Crippen LogP contribution in [0.15, 0.2) is 66.7 Å². The Morgan fingerprint density at radius 3 is 2.26 bits per heavy atom. The zero-order valence-corrected chi connectivity index (χ0v) is 23.4. The first-order valence-corrected chi connectivity index (χ1v) is 13.6. The molecule has 1 fully saturated rings. The third-order valence-electron chi connectivity index (χ3n) is 7.13. The molecule has 4 aromatic rings. The Morgan fingerprint density at radius 2 is 1.62 bits per heavy atom. The number of pyridine rings is 1. The number of piperazine rings is 1. The molecule has 1 saturated heterocycles. The van der Waals surface area contributed by atoms with E-state index in [0.717, 1.165) is 30.4 Å². The Balaban J connectivity index is 1.39. The first kappa shape index (κ1) is 28.8. The van der Waals surface area contributed by atoms with Gasteiger partial charge in [-0.25, -0.2) is 9.97 Å². The number of aryl methyl sites for hydroxylation is 1. The highest BCUT2D eigenvalue weighted by molar-refractivity contribution is 5.85. The van der Waals surface area contributed by atoms with E-state index < -0.39 is 11.9 Å². The number of alkyl halides is 3. The van der Waals surface area contributed by atoms with Crippen LogP contribution in [0.25, 0.3) is 22.4 Å². The molecule has 1 aliphatic heterocycles. The number of nitrogens with two attached hydrogens (primary N) is 1. The monoisotopic (exact) mass is 576 g/mol. The number of nitrogens with zero attached hydrogens (tertiary/aromatic N) is 5. The van der Waals surface area contributed by atoms with Crippen molar-refractivity contribution in [3.8, 4) is 28.3 Å². The van der Waals surface area contributed by atoms with Gasteiger partial charge in [0, 0.05) is 56.5 Å². The highest BCUT2D eigenvalue weighted by Gasteiger charge is 2.34. The van der Waals surface area contributed by atoms with Crippen molar-refractivity contribution in [1.29, 1.82) is 0 Å². The maximum atomic E-state index is 13.7. The molecule has 1 amide bonds. The van der Waals surface area contributed by atoms with Crippen molar-refractivity contribution >= 4 is 17.5 Å². The third-order valence-corrected chi connectivity index (χ3v) is 7.13. The van der Waals surface area contributed by atoms with Crippen LogP contribution in [-0.2, 0) is 17.4 Å². The average molecular weight is 577 g/mol. The minimum atomic E-state index is -4.63. The van der Waals surface area contributed by atoms with Gasteiger partial charge in [0.25, 0.3) is 0 Å². The number of anilines is 2. The molecule has 5 rings (SSSR count). The molecule has 11 heteroatoms. The Morgan fingerprint density at radius 1 is 0.929 bits per heavy atom. The first-order valence-electron chi connectivity index (χ1n) is 13.6. The molecule has 3 heterocycles. The van der Waals surface area contributed by atoms with Crippen molar-refractivity contribution in [2.24, 2.45) is 0 Å². The lowest BCUT2D eigenvalue weighted by Gasteiger charge is -2.35. The summed E-state index contributed by atoms with van der Waals surface area (Å²) in [6, 6.07) is 19.7. The normalized spacial score (nSPS) is 13.7. The fourth-order valence-corrected chi connectivity index (χ4v) is 5.00. The largest absolute Gasteiger partial charge is 0.477 e. The van der Waals surface area contributed by atoms with Crippen LogP contribution in [0.4, 0.5) is 24.8 Å². The van der Waals surface area contributed by atoms with Gasteiger partial charge in [-0.2, -0.15) is 18.2 Å². The van der Waals surface area contributed by atoms with Crippen molar-refractivity contribution in [3.63, 3.8) is 0 Å². The van der Waals surface area contributed by atoms with Gasteiger partial charge in [-0.3, -0.25) is 4.79 Å². The van der Waals surface area contributed by atoms with Gasteiger partial charge < -0.3 is 20.3 Å². The van der Waals surface area contributed by atoms with Crippen LogP contribution in [0.2, 0.25) is 0 Å². The molecule has 1 aliphatic rings. The molecule has 2 N–H and O–H groups in total. The highest BCUT2D eigenvalue weighted by Crippen LogP contribution is 2.40. The molecule has 0 spiro atoms. The smallest absolute Gasteiger partial charge is 0.433 e. The minimum absolute atomic E-state index is 0.0522. The predicted molar refractivity (Wildman–Crippen MR) is 155 cm³/mol. The summed E-state index contributed by atoms with van der Waals surface area (Å²) in [6.45, 7) is 6.24. The van der Waals surface area contributed by atoms with E-state index in [9.17, 15) is 18.0 Å². The maximum absolute atomic E-state index is 13.7. The van der Waals surface area contributed by atoms with Crippen molar-refractivity contribution in [2.45, 2.75) is 26.4 Å². The zero-order valence-electron chi connectivity index (χ0n) is 23.4. The van der Waals surface area contributed by atoms with Crippen LogP contribution >= 0.6 is 0 Å². The van der Waals surface area contributed by atoms with Gasteiger partial charge in [0.2, 0.25) is 17.7 Å². The molecule has 0 saturated carbocycles. The average Bonchev–Trinajstić information content (AvgIpc) is 2.97. The Bertz CT molecular complexity index is 1550. The van der Waals surface area contributed by atoms with Crippen molar-refractivity contribution in [2.75, 3.05) is 43.4 Å². The standard InChI is InChI=1S/C31H31F3N6O2/c1-20-18-24(19-26(36-20)31(32,33)34)27-28(23-6-4-3-5-7-23)37-30(35)38-29(27)42-17-12-22-8-10-25(11-9-22)40-15-13-39(14-16-40)21(2)41/h3-11,18-19H,12-17H2,1-2H3,(H2,35,37,38). The van der Waals surface area contributed by atoms with E-state index >= 15 is 0 Å². The van der Waals surface area contributed by atoms with Crippen LogP contribution in [0.5, 0.6) is 5.88 Å². The first-order chi connectivity index (χ1) is 20.1. The second kappa shape index (κ2) is 12.1. The van der Waals surface area contributed by atoms with Gasteiger partial charge in [0.05, 0.1) is 17.9 Å². The molecule has 0 unspecified atom stereocenters. The van der Waals surface area contributed by atoms with Gasteiger partial charge in [0.1, 0.15) is 5.69 Å². The summed E-state index contributed by atoms with van der Waals surface area (Å²) in [5.74, 6) is 0.137. The van der Waals surface area contributed by atoms with E-state index in [1.807, 2.05) is 47.4 Å². The topological polar surface area (TPSA) is 97.5 Å². The number of halogens is 3. The fraction of sp³-hybridized carbons (Fsp3) is 0.290. The second-order valence-electron chi connectivity index (χ2n) is 10.1. The molecule has 218 valence electrons. The molecule has 2 aromatic heterocycles. The molecule has 0 bridgehead atoms. The third kappa shape index (κ3) is 6.62. The summed E-state index contributed by atoms with van der Waals surface area (Å²) < 4.78 is 47.1. The van der Waals surface area contributed by atoms with E-state index in [1.54, 1.807) is 25.1 Å². The summed E-state index contributed by atoms with van der Waals surface area (Å²) in [7, 11) is 0. The number of amides is 1. The fourth-order valence-electron chi connectivity index (χ4n) is 5.00. The van der Waals surface area contributed by atoms with Crippen molar-refractivity contribution in [1.82, 2.24) is 19.9 Å². The van der Waals surface area contributed by atoms with E-state index in [2.05, 4.69) is 19.9 Å². The van der Waals surface area contributed by atoms with Crippen LogP contribution < -0.4 is 15.4 Å². The molecule has 42 heavy (non-hydrogen) atoms. The predicted octanol–water partition coefficient (Wildman–Crippen LogP) is 5.41. The summed E-state index contributed by atoms with van der Waals surface area (Å²) in [5.41, 5.74) is 8.91. The zero-order chi connectivity index (χ0) is 29.9. The number of benzene rings is 2. The van der Waals surface area contributed by atoms with Gasteiger partial charge in [-0.1, -0.05) is 42.5 Å². The molecular weight excluding hydrogens is 545 g/mol. The number of rotatable bonds is 7. The minimum Gasteiger partial charge on any atom is -0.477 e. The van der Waals surface area contributed by atoms with E-state index in [-0.39, 0.29) is 35.6 Å². The van der Waals surface area contributed by atoms with Gasteiger partial charge in [-0.15, -0.1) is 0 Å². The van der Waals surface area contributed by atoms with Gasteiger partial charge in [0.15, 0.2) is 0 Å². The molecule has 2 aromatic carbocycles. The summed E-state index contributed by atoms with van der Waals surface area (Å²) in [6.07, 6.45) is -4.10. The number of aromatic nitrogens is 3. The number of ether oxygens (including phenoxy) is 1. The van der Waals surface area contributed by atoms with E-state index in [1.165, 1.54) is 6.92 Å². The van der Waals surface area contributed by atoms with Crippen molar-refractivity contribution in [3.05, 3.63) is 83.7 Å². The Kier molecular flexibility index (Phi) is 8.28. The van der Waals surface area contributed by atoms with Crippen molar-refractivity contribution < 1.29 is 22.7 Å². The second-order valence-corrected chi connectivity index (χ2v) is 10.1. The maximum Gasteiger partial charge on any atom is 0.433 e. The quantitative estimate of drug-likeness (QED) is 0.314. The summed E-state index contributed by atoms with van der Waals surface area (Å²) in [4.78, 5) is 28.1. The molecule has 0 aliphatic carbocycles. The summed E-state index contributed by atoms with van der Waals surface area (Å²) in [5, 5.41) is 0. The lowest BCUT2D eigenvalue weighted by molar-refractivity contribution is -0.141. The van der Waals surface area contributed by atoms with E-state index in [0.29, 0.717) is 36.3 Å². The van der Waals surface area contributed by atoms with Crippen LogP contribution in [0.3, 0.4) is 0 Å². The number of hydrogen-bond acceptors (Lipinski definition) is 7. The summed E-state index contributed by atoms with van der Waals surface area (Å²) >= 11 is 0. The number of hydrogen-bond donors (Lipinski definition) is 1. The lowest BCUT2D eigenvalue weighted by atomic mass is 9.99. The molecule has 8 nitrogen and oxygen atoms in total. The number of carbonyl (C=O) groups excluding carboxylic acids is 1. The number of carbonyl (C=O) groups is 1. The molecule has 0 radical (unpaired) electrons. The van der Waals surface area contributed by atoms with Gasteiger partial charge in [-0.05, 0) is 42.3 Å². The molecular formula is C31H31F3N6O2. The van der Waals surface area contributed by atoms with Crippen LogP contribution in [-0.4, -0.2) is 58.5 Å². The Labute approximate surface area is 242 Å². The highest BCUT2D eigenvalue weighted by atomic mass is 19.4. The number of nitrogen functional groups attached to an aromatic ring is 1. The van der Waals surface area contributed by atoms with Crippen LogP contribution in [0, 0.1) is 6.92 Å². The van der Waals surface area contributed by atoms with E-state index in [4.69, 9.17) is 10.5 Å². The van der Waals surface area contributed by atoms with Crippen LogP contribution in [0.1, 0.15) is 23.9 Å². The molecule has 0 atom stereocenters. The lowest BCUT2D eigenvalue weighted by Crippen LogP contribution is -2.48.